The van der Waals surface area contributed by atoms with Gasteiger partial charge in [-0.15, -0.1) is 6.58 Å². The topological polar surface area (TPSA) is 63.5 Å². The molecular weight excluding hydrogens is 270 g/mol. The van der Waals surface area contributed by atoms with Crippen LogP contribution in [-0.2, 0) is 0 Å². The van der Waals surface area contributed by atoms with Gasteiger partial charge in [-0.3, -0.25) is 14.9 Å². The zero-order valence-electron chi connectivity index (χ0n) is 10.9. The molecule has 0 radical (unpaired) electrons. The van der Waals surface area contributed by atoms with E-state index in [2.05, 4.69) is 6.58 Å². The number of amides is 1. The lowest BCUT2D eigenvalue weighted by molar-refractivity contribution is -0.387. The molecule has 0 saturated carbocycles. The first-order chi connectivity index (χ1) is 9.38. The predicted molar refractivity (Wildman–Crippen MR) is 69.4 cm³/mol. The molecule has 0 aliphatic heterocycles. The molecule has 0 fully saturated rings. The fraction of sp³-hybridized carbons (Fsp3) is 0.308. The summed E-state index contributed by atoms with van der Waals surface area (Å²) >= 11 is 0. The monoisotopic (exact) mass is 284 g/mol. The van der Waals surface area contributed by atoms with Crippen LogP contribution in [0.15, 0.2) is 24.8 Å². The first kappa shape index (κ1) is 15.7. The van der Waals surface area contributed by atoms with E-state index < -0.39 is 33.7 Å². The van der Waals surface area contributed by atoms with Crippen LogP contribution < -0.4 is 0 Å². The highest BCUT2D eigenvalue weighted by atomic mass is 19.1. The lowest BCUT2D eigenvalue weighted by Crippen LogP contribution is -2.28. The zero-order valence-corrected chi connectivity index (χ0v) is 10.9. The number of hydrogen-bond acceptors (Lipinski definition) is 3. The highest BCUT2D eigenvalue weighted by Crippen LogP contribution is 2.23. The SMILES string of the molecule is C=CCCCN(C)C(=O)c1cc(F)cc([N+](=O)[O-])c1F. The van der Waals surface area contributed by atoms with E-state index in [-0.39, 0.29) is 0 Å². The number of hydrogen-bond donors (Lipinski definition) is 0. The van der Waals surface area contributed by atoms with Crippen LogP contribution in [0.5, 0.6) is 0 Å². The van der Waals surface area contributed by atoms with Crippen molar-refractivity contribution >= 4 is 11.6 Å². The van der Waals surface area contributed by atoms with E-state index in [1.54, 1.807) is 6.08 Å². The predicted octanol–water partition coefficient (Wildman–Crippen LogP) is 2.91. The van der Waals surface area contributed by atoms with Crippen molar-refractivity contribution in [3.05, 3.63) is 52.1 Å². The van der Waals surface area contributed by atoms with Gasteiger partial charge < -0.3 is 4.90 Å². The molecule has 1 aromatic carbocycles. The van der Waals surface area contributed by atoms with Gasteiger partial charge in [0.05, 0.1) is 16.6 Å². The van der Waals surface area contributed by atoms with Crippen molar-refractivity contribution in [2.24, 2.45) is 0 Å². The average Bonchev–Trinajstić information content (AvgIpc) is 2.40. The average molecular weight is 284 g/mol. The summed E-state index contributed by atoms with van der Waals surface area (Å²) in [7, 11) is 1.42. The summed E-state index contributed by atoms with van der Waals surface area (Å²) in [6.45, 7) is 3.84. The van der Waals surface area contributed by atoms with Crippen molar-refractivity contribution in [2.75, 3.05) is 13.6 Å². The molecule has 0 N–H and O–H groups in total. The van der Waals surface area contributed by atoms with Crippen molar-refractivity contribution in [3.63, 3.8) is 0 Å². The third kappa shape index (κ3) is 3.59. The van der Waals surface area contributed by atoms with Gasteiger partial charge in [0, 0.05) is 13.6 Å². The minimum atomic E-state index is -1.32. The molecule has 0 aliphatic carbocycles. The van der Waals surface area contributed by atoms with Crippen molar-refractivity contribution in [3.8, 4) is 0 Å². The second kappa shape index (κ2) is 6.74. The van der Waals surface area contributed by atoms with Crippen LogP contribution in [0.1, 0.15) is 23.2 Å². The van der Waals surface area contributed by atoms with E-state index in [1.165, 1.54) is 11.9 Å². The van der Waals surface area contributed by atoms with Gasteiger partial charge >= 0.3 is 5.69 Å². The van der Waals surface area contributed by atoms with Crippen LogP contribution in [0.3, 0.4) is 0 Å². The van der Waals surface area contributed by atoms with Crippen LogP contribution in [0.2, 0.25) is 0 Å². The van der Waals surface area contributed by atoms with E-state index in [4.69, 9.17) is 0 Å². The molecule has 1 rings (SSSR count). The number of nitro groups is 1. The molecule has 5 nitrogen and oxygen atoms in total. The number of allylic oxidation sites excluding steroid dienone is 1. The van der Waals surface area contributed by atoms with Gasteiger partial charge in [0.15, 0.2) is 0 Å². The summed E-state index contributed by atoms with van der Waals surface area (Å²) in [6.07, 6.45) is 2.96. The summed E-state index contributed by atoms with van der Waals surface area (Å²) in [5.74, 6) is -3.15. The number of nitro benzene ring substituents is 1. The van der Waals surface area contributed by atoms with E-state index in [0.717, 1.165) is 0 Å². The Morgan fingerprint density at radius 3 is 2.70 bits per heavy atom. The summed E-state index contributed by atoms with van der Waals surface area (Å²) in [5.41, 5.74) is -1.69. The van der Waals surface area contributed by atoms with Crippen molar-refractivity contribution in [1.82, 2.24) is 4.90 Å². The lowest BCUT2D eigenvalue weighted by atomic mass is 10.1. The third-order valence-corrected chi connectivity index (χ3v) is 2.69. The molecule has 0 atom stereocenters. The minimum absolute atomic E-state index is 0.314. The van der Waals surface area contributed by atoms with Crippen LogP contribution in [0, 0.1) is 21.7 Å². The van der Waals surface area contributed by atoms with Crippen LogP contribution in [0.25, 0.3) is 0 Å². The highest BCUT2D eigenvalue weighted by Gasteiger charge is 2.25. The summed E-state index contributed by atoms with van der Waals surface area (Å²) in [4.78, 5) is 22.7. The van der Waals surface area contributed by atoms with E-state index in [9.17, 15) is 23.7 Å². The molecule has 0 aromatic heterocycles. The first-order valence-corrected chi connectivity index (χ1v) is 5.88. The van der Waals surface area contributed by atoms with Gasteiger partial charge in [-0.25, -0.2) is 4.39 Å². The molecule has 7 heteroatoms. The van der Waals surface area contributed by atoms with Crippen molar-refractivity contribution in [1.29, 1.82) is 0 Å². The number of rotatable bonds is 6. The molecule has 108 valence electrons. The van der Waals surface area contributed by atoms with Crippen molar-refractivity contribution in [2.45, 2.75) is 12.8 Å². The van der Waals surface area contributed by atoms with Crippen LogP contribution in [-0.4, -0.2) is 29.3 Å². The molecule has 1 aromatic rings. The Bertz CT molecular complexity index is 547. The third-order valence-electron chi connectivity index (χ3n) is 2.69. The molecular formula is C13H14F2N2O3. The maximum absolute atomic E-state index is 13.8. The number of unbranched alkanes of at least 4 members (excludes halogenated alkanes) is 1. The summed E-state index contributed by atoms with van der Waals surface area (Å²) in [5, 5.41) is 10.6. The van der Waals surface area contributed by atoms with Crippen molar-refractivity contribution < 1.29 is 18.5 Å². The van der Waals surface area contributed by atoms with E-state index in [1.807, 2.05) is 0 Å². The molecule has 0 saturated heterocycles. The molecule has 20 heavy (non-hydrogen) atoms. The Hall–Kier alpha value is -2.31. The number of halogens is 2. The van der Waals surface area contributed by atoms with Gasteiger partial charge in [-0.05, 0) is 18.9 Å². The molecule has 0 bridgehead atoms. The normalized spacial score (nSPS) is 10.2. The summed E-state index contributed by atoms with van der Waals surface area (Å²) in [6, 6.07) is 1.11. The number of nitrogens with zero attached hydrogens (tertiary/aromatic N) is 2. The zero-order chi connectivity index (χ0) is 15.3. The smallest absolute Gasteiger partial charge is 0.308 e. The van der Waals surface area contributed by atoms with E-state index >= 15 is 0 Å². The number of carbonyl (C=O) groups excluding carboxylic acids is 1. The summed E-state index contributed by atoms with van der Waals surface area (Å²) < 4.78 is 27.1. The first-order valence-electron chi connectivity index (χ1n) is 5.88. The van der Waals surface area contributed by atoms with Crippen LogP contribution >= 0.6 is 0 Å². The second-order valence-electron chi connectivity index (χ2n) is 4.20. The Labute approximate surface area is 114 Å². The standard InChI is InChI=1S/C13H14F2N2O3/c1-3-4-5-6-16(2)13(18)10-7-9(14)8-11(12(10)15)17(19)20/h3,7-8H,1,4-6H2,2H3. The highest BCUT2D eigenvalue weighted by molar-refractivity contribution is 5.95. The van der Waals surface area contributed by atoms with Gasteiger partial charge in [0.25, 0.3) is 5.91 Å². The second-order valence-corrected chi connectivity index (χ2v) is 4.20. The Morgan fingerprint density at radius 1 is 1.50 bits per heavy atom. The molecule has 0 unspecified atom stereocenters. The Balaban J connectivity index is 3.03. The van der Waals surface area contributed by atoms with Gasteiger partial charge in [0.2, 0.25) is 5.82 Å². The lowest BCUT2D eigenvalue weighted by Gasteiger charge is -2.17. The van der Waals surface area contributed by atoms with E-state index in [0.29, 0.717) is 31.5 Å². The molecule has 0 heterocycles. The number of carbonyl (C=O) groups is 1. The van der Waals surface area contributed by atoms with Gasteiger partial charge in [0.1, 0.15) is 5.82 Å². The van der Waals surface area contributed by atoms with Gasteiger partial charge in [-0.1, -0.05) is 6.08 Å². The Morgan fingerprint density at radius 2 is 2.15 bits per heavy atom. The molecule has 0 spiro atoms. The molecule has 0 aliphatic rings. The molecule has 1 amide bonds. The maximum atomic E-state index is 13.8. The minimum Gasteiger partial charge on any atom is -0.342 e. The van der Waals surface area contributed by atoms with Gasteiger partial charge in [-0.2, -0.15) is 4.39 Å². The fourth-order valence-electron chi connectivity index (χ4n) is 1.64. The fourth-order valence-corrected chi connectivity index (χ4v) is 1.64. The Kier molecular flexibility index (Phi) is 5.31. The maximum Gasteiger partial charge on any atom is 0.308 e. The largest absolute Gasteiger partial charge is 0.342 e. The quantitative estimate of drug-likeness (QED) is 0.349. The number of benzene rings is 1. The van der Waals surface area contributed by atoms with Crippen LogP contribution in [0.4, 0.5) is 14.5 Å².